The molecule has 1 aromatic carbocycles. The van der Waals surface area contributed by atoms with Gasteiger partial charge in [0.2, 0.25) is 0 Å². The highest BCUT2D eigenvalue weighted by atomic mass is 32.2. The van der Waals surface area contributed by atoms with Crippen molar-refractivity contribution < 1.29 is 17.9 Å². The number of sulfone groups is 1. The van der Waals surface area contributed by atoms with Gasteiger partial charge in [0.25, 0.3) is 0 Å². The summed E-state index contributed by atoms with van der Waals surface area (Å²) in [5, 5.41) is 5.36. The van der Waals surface area contributed by atoms with Crippen LogP contribution in [0.3, 0.4) is 0 Å². The second-order valence-corrected chi connectivity index (χ2v) is 7.30. The maximum absolute atomic E-state index is 11.8. The van der Waals surface area contributed by atoms with E-state index in [1.807, 2.05) is 13.0 Å². The Bertz CT molecular complexity index is 601. The molecule has 2 rings (SSSR count). The molecule has 0 saturated carbocycles. The molecule has 1 fully saturated rings. The number of nitrogens with one attached hydrogen (secondary N) is 2. The third kappa shape index (κ3) is 4.93. The van der Waals surface area contributed by atoms with Gasteiger partial charge in [0.05, 0.1) is 18.1 Å². The molecule has 21 heavy (non-hydrogen) atoms. The van der Waals surface area contributed by atoms with Crippen LogP contribution in [-0.2, 0) is 9.84 Å². The fraction of sp³-hybridized carbons (Fsp3) is 0.500. The highest BCUT2D eigenvalue weighted by molar-refractivity contribution is 7.91. The van der Waals surface area contributed by atoms with Crippen LogP contribution in [0.2, 0.25) is 0 Å². The van der Waals surface area contributed by atoms with Crippen LogP contribution in [0.4, 0.5) is 10.5 Å². The fourth-order valence-corrected chi connectivity index (χ4v) is 3.82. The molecule has 7 heteroatoms. The lowest BCUT2D eigenvalue weighted by Gasteiger charge is -2.13. The molecule has 2 amide bonds. The summed E-state index contributed by atoms with van der Waals surface area (Å²) < 4.78 is 28.2. The van der Waals surface area contributed by atoms with Crippen molar-refractivity contribution in [2.75, 3.05) is 23.4 Å². The summed E-state index contributed by atoms with van der Waals surface area (Å²) in [6.07, 6.45) is 1.38. The summed E-state index contributed by atoms with van der Waals surface area (Å²) in [5.41, 5.74) is 0.613. The Hall–Kier alpha value is -1.76. The first kappa shape index (κ1) is 15.6. The predicted molar refractivity (Wildman–Crippen MR) is 81.4 cm³/mol. The molecule has 2 N–H and O–H groups in total. The topological polar surface area (TPSA) is 84.5 Å². The number of rotatable bonds is 5. The molecular formula is C14H20N2O4S. The number of anilines is 1. The van der Waals surface area contributed by atoms with E-state index >= 15 is 0 Å². The van der Waals surface area contributed by atoms with E-state index in [-0.39, 0.29) is 17.5 Å². The van der Waals surface area contributed by atoms with Crippen LogP contribution in [0.25, 0.3) is 0 Å². The lowest BCUT2D eigenvalue weighted by molar-refractivity contribution is 0.249. The minimum Gasteiger partial charge on any atom is -0.494 e. The van der Waals surface area contributed by atoms with Gasteiger partial charge in [-0.05, 0) is 25.0 Å². The van der Waals surface area contributed by atoms with E-state index in [9.17, 15) is 13.2 Å². The number of ether oxygens (including phenoxy) is 1. The van der Waals surface area contributed by atoms with E-state index in [0.29, 0.717) is 24.5 Å². The van der Waals surface area contributed by atoms with Gasteiger partial charge in [-0.3, -0.25) is 0 Å². The average Bonchev–Trinajstić information content (AvgIpc) is 2.75. The Morgan fingerprint density at radius 1 is 1.43 bits per heavy atom. The van der Waals surface area contributed by atoms with Gasteiger partial charge in [-0.2, -0.15) is 0 Å². The number of hydrogen-bond acceptors (Lipinski definition) is 4. The summed E-state index contributed by atoms with van der Waals surface area (Å²) in [5.74, 6) is 0.844. The monoisotopic (exact) mass is 312 g/mol. The molecule has 1 aliphatic heterocycles. The van der Waals surface area contributed by atoms with Gasteiger partial charge < -0.3 is 15.4 Å². The van der Waals surface area contributed by atoms with Crippen molar-refractivity contribution in [2.45, 2.75) is 25.8 Å². The van der Waals surface area contributed by atoms with Crippen LogP contribution in [0.1, 0.15) is 19.8 Å². The van der Waals surface area contributed by atoms with E-state index in [1.54, 1.807) is 18.2 Å². The lowest BCUT2D eigenvalue weighted by Crippen LogP contribution is -2.38. The number of amides is 2. The summed E-state index contributed by atoms with van der Waals surface area (Å²) >= 11 is 0. The molecule has 0 radical (unpaired) electrons. The standard InChI is InChI=1S/C14H20N2O4S/c1-2-7-20-13-5-3-4-11(9-13)15-14(17)16-12-6-8-21(18,19)10-12/h3-5,9,12H,2,6-8,10H2,1H3,(H2,15,16,17)/t12-/m1/s1. The average molecular weight is 312 g/mol. The van der Waals surface area contributed by atoms with Crippen molar-refractivity contribution in [1.29, 1.82) is 0 Å². The molecular weight excluding hydrogens is 292 g/mol. The maximum atomic E-state index is 11.8. The largest absolute Gasteiger partial charge is 0.494 e. The zero-order valence-corrected chi connectivity index (χ0v) is 12.8. The van der Waals surface area contributed by atoms with Crippen molar-refractivity contribution in [3.8, 4) is 5.75 Å². The van der Waals surface area contributed by atoms with Gasteiger partial charge in [-0.15, -0.1) is 0 Å². The molecule has 6 nitrogen and oxygen atoms in total. The first-order valence-corrected chi connectivity index (χ1v) is 8.81. The molecule has 0 spiro atoms. The van der Waals surface area contributed by atoms with Crippen LogP contribution < -0.4 is 15.4 Å². The molecule has 0 aromatic heterocycles. The molecule has 0 aliphatic carbocycles. The number of carbonyl (C=O) groups is 1. The van der Waals surface area contributed by atoms with Crippen LogP contribution in [0.15, 0.2) is 24.3 Å². The van der Waals surface area contributed by atoms with Crippen LogP contribution in [0.5, 0.6) is 5.75 Å². The normalized spacial score (nSPS) is 20.0. The number of benzene rings is 1. The first-order valence-electron chi connectivity index (χ1n) is 6.99. The molecule has 1 atom stereocenters. The first-order chi connectivity index (χ1) is 9.98. The summed E-state index contributed by atoms with van der Waals surface area (Å²) in [6.45, 7) is 2.64. The Labute approximate surface area is 124 Å². The predicted octanol–water partition coefficient (Wildman–Crippen LogP) is 1.78. The lowest BCUT2D eigenvalue weighted by atomic mass is 10.2. The van der Waals surface area contributed by atoms with E-state index in [2.05, 4.69) is 10.6 Å². The van der Waals surface area contributed by atoms with Crippen molar-refractivity contribution >= 4 is 21.6 Å². The summed E-state index contributed by atoms with van der Waals surface area (Å²) in [6, 6.07) is 6.40. The summed E-state index contributed by atoms with van der Waals surface area (Å²) in [4.78, 5) is 11.8. The number of urea groups is 1. The Morgan fingerprint density at radius 2 is 2.24 bits per heavy atom. The molecule has 0 bridgehead atoms. The Balaban J connectivity index is 1.88. The molecule has 1 aromatic rings. The van der Waals surface area contributed by atoms with Gasteiger partial charge >= 0.3 is 6.03 Å². The number of carbonyl (C=O) groups excluding carboxylic acids is 1. The third-order valence-corrected chi connectivity index (χ3v) is 4.90. The van der Waals surface area contributed by atoms with E-state index in [4.69, 9.17) is 4.74 Å². The van der Waals surface area contributed by atoms with E-state index in [1.165, 1.54) is 0 Å². The molecule has 1 aliphatic rings. The Morgan fingerprint density at radius 3 is 2.90 bits per heavy atom. The van der Waals surface area contributed by atoms with Gasteiger partial charge in [0.15, 0.2) is 9.84 Å². The highest BCUT2D eigenvalue weighted by Gasteiger charge is 2.28. The number of hydrogen-bond donors (Lipinski definition) is 2. The SMILES string of the molecule is CCCOc1cccc(NC(=O)N[C@@H]2CCS(=O)(=O)C2)c1. The quantitative estimate of drug-likeness (QED) is 0.868. The molecule has 1 heterocycles. The minimum atomic E-state index is -2.99. The van der Waals surface area contributed by atoms with Crippen LogP contribution >= 0.6 is 0 Å². The van der Waals surface area contributed by atoms with Gasteiger partial charge in [0, 0.05) is 17.8 Å². The van der Waals surface area contributed by atoms with Crippen molar-refractivity contribution in [1.82, 2.24) is 5.32 Å². The van der Waals surface area contributed by atoms with Gasteiger partial charge in [-0.25, -0.2) is 13.2 Å². The van der Waals surface area contributed by atoms with Crippen molar-refractivity contribution in [3.63, 3.8) is 0 Å². The summed E-state index contributed by atoms with van der Waals surface area (Å²) in [7, 11) is -2.99. The second kappa shape index (κ2) is 6.80. The van der Waals surface area contributed by atoms with E-state index < -0.39 is 15.9 Å². The zero-order valence-electron chi connectivity index (χ0n) is 12.0. The second-order valence-electron chi connectivity index (χ2n) is 5.07. The fourth-order valence-electron chi connectivity index (χ4n) is 2.14. The van der Waals surface area contributed by atoms with Crippen LogP contribution in [-0.4, -0.2) is 38.6 Å². The maximum Gasteiger partial charge on any atom is 0.319 e. The third-order valence-electron chi connectivity index (χ3n) is 3.13. The van der Waals surface area contributed by atoms with Gasteiger partial charge in [-0.1, -0.05) is 13.0 Å². The van der Waals surface area contributed by atoms with E-state index in [0.717, 1.165) is 6.42 Å². The molecule has 1 saturated heterocycles. The van der Waals surface area contributed by atoms with Crippen LogP contribution in [0, 0.1) is 0 Å². The molecule has 116 valence electrons. The smallest absolute Gasteiger partial charge is 0.319 e. The van der Waals surface area contributed by atoms with Crippen molar-refractivity contribution in [2.24, 2.45) is 0 Å². The Kier molecular flexibility index (Phi) is 5.06. The highest BCUT2D eigenvalue weighted by Crippen LogP contribution is 2.18. The zero-order chi connectivity index (χ0) is 15.3. The minimum absolute atomic E-state index is 0.0140. The molecule has 0 unspecified atom stereocenters. The van der Waals surface area contributed by atoms with Gasteiger partial charge in [0.1, 0.15) is 5.75 Å². The van der Waals surface area contributed by atoms with Crippen molar-refractivity contribution in [3.05, 3.63) is 24.3 Å².